The molecule has 0 bridgehead atoms. The number of nitrogens with zero attached hydrogens (tertiary/aromatic N) is 2. The molecule has 1 aromatic rings. The molecule has 2 heterocycles. The Morgan fingerprint density at radius 1 is 1.21 bits per heavy atom. The molecule has 0 aliphatic carbocycles. The highest BCUT2D eigenvalue weighted by Gasteiger charge is 2.48. The molecule has 3 rings (SSSR count). The lowest BCUT2D eigenvalue weighted by molar-refractivity contribution is 0.0293. The van der Waals surface area contributed by atoms with E-state index in [0.717, 1.165) is 6.54 Å². The Balaban J connectivity index is 1.88. The number of rotatable bonds is 3. The fourth-order valence-electron chi connectivity index (χ4n) is 3.76. The molecule has 2 aliphatic heterocycles. The van der Waals surface area contributed by atoms with Gasteiger partial charge in [0.25, 0.3) is 5.91 Å². The first-order valence-corrected chi connectivity index (χ1v) is 10.1. The molecule has 0 radical (unpaired) electrons. The molecule has 1 aromatic carbocycles. The van der Waals surface area contributed by atoms with Crippen LogP contribution < -0.4 is 0 Å². The number of carbonyl (C=O) groups excluding carboxylic acids is 1. The van der Waals surface area contributed by atoms with Gasteiger partial charge < -0.3 is 4.90 Å². The third kappa shape index (κ3) is 3.32. The zero-order valence-electron chi connectivity index (χ0n) is 14.0. The van der Waals surface area contributed by atoms with Crippen LogP contribution in [0.4, 0.5) is 4.39 Å². The van der Waals surface area contributed by atoms with Crippen LogP contribution in [-0.4, -0.2) is 67.3 Å². The normalized spacial score (nSPS) is 26.6. The maximum atomic E-state index is 14.0. The minimum absolute atomic E-state index is 0.0119. The molecule has 2 atom stereocenters. The monoisotopic (exact) mass is 354 g/mol. The first kappa shape index (κ1) is 17.4. The Morgan fingerprint density at radius 2 is 1.88 bits per heavy atom. The predicted octanol–water partition coefficient (Wildman–Crippen LogP) is 1.41. The number of carbonyl (C=O) groups is 1. The summed E-state index contributed by atoms with van der Waals surface area (Å²) in [7, 11) is -3.19. The van der Waals surface area contributed by atoms with E-state index in [-0.39, 0.29) is 23.1 Å². The topological polar surface area (TPSA) is 57.7 Å². The first-order chi connectivity index (χ1) is 11.3. The first-order valence-electron chi connectivity index (χ1n) is 8.28. The van der Waals surface area contributed by atoms with Gasteiger partial charge in [0.1, 0.15) is 5.82 Å². The van der Waals surface area contributed by atoms with Crippen LogP contribution in [-0.2, 0) is 9.84 Å². The summed E-state index contributed by atoms with van der Waals surface area (Å²) >= 11 is 0. The van der Waals surface area contributed by atoms with E-state index >= 15 is 0 Å². The lowest BCUT2D eigenvalue weighted by Crippen LogP contribution is -2.61. The zero-order valence-corrected chi connectivity index (χ0v) is 14.8. The van der Waals surface area contributed by atoms with Crippen molar-refractivity contribution in [2.24, 2.45) is 5.92 Å². The van der Waals surface area contributed by atoms with Gasteiger partial charge in [0, 0.05) is 25.7 Å². The largest absolute Gasteiger partial charge is 0.332 e. The summed E-state index contributed by atoms with van der Waals surface area (Å²) in [4.78, 5) is 16.5. The van der Waals surface area contributed by atoms with Crippen molar-refractivity contribution >= 4 is 15.7 Å². The lowest BCUT2D eigenvalue weighted by atomic mass is 10.0. The Kier molecular flexibility index (Phi) is 4.66. The molecule has 7 heteroatoms. The third-order valence-electron chi connectivity index (χ3n) is 4.76. The maximum Gasteiger partial charge on any atom is 0.257 e. The van der Waals surface area contributed by atoms with Crippen molar-refractivity contribution in [3.05, 3.63) is 35.6 Å². The van der Waals surface area contributed by atoms with Crippen LogP contribution in [0.25, 0.3) is 0 Å². The van der Waals surface area contributed by atoms with E-state index in [0.29, 0.717) is 19.0 Å². The van der Waals surface area contributed by atoms with Crippen molar-refractivity contribution in [3.63, 3.8) is 0 Å². The lowest BCUT2D eigenvalue weighted by Gasteiger charge is -2.44. The highest BCUT2D eigenvalue weighted by molar-refractivity contribution is 7.91. The van der Waals surface area contributed by atoms with E-state index < -0.39 is 27.6 Å². The van der Waals surface area contributed by atoms with Crippen LogP contribution in [0.5, 0.6) is 0 Å². The number of benzene rings is 1. The van der Waals surface area contributed by atoms with Crippen molar-refractivity contribution in [3.8, 4) is 0 Å². The molecule has 0 unspecified atom stereocenters. The molecule has 5 nitrogen and oxygen atoms in total. The zero-order chi connectivity index (χ0) is 17.5. The summed E-state index contributed by atoms with van der Waals surface area (Å²) in [6, 6.07) is 5.28. The molecule has 1 amide bonds. The molecule has 0 spiro atoms. The molecule has 0 aromatic heterocycles. The van der Waals surface area contributed by atoms with Crippen LogP contribution in [0.3, 0.4) is 0 Å². The van der Waals surface area contributed by atoms with Gasteiger partial charge in [-0.3, -0.25) is 9.69 Å². The van der Waals surface area contributed by atoms with Crippen LogP contribution >= 0.6 is 0 Å². The average molecular weight is 354 g/mol. The standard InChI is InChI=1S/C17H23FN2O3S/c1-12(2)9-19-7-8-20(16-11-24(22,23)10-15(16)19)17(21)13-5-3-4-6-14(13)18/h3-6,12,15-16H,7-11H2,1-2H3/t15-,16+/m0/s1. The van der Waals surface area contributed by atoms with Gasteiger partial charge in [-0.1, -0.05) is 26.0 Å². The van der Waals surface area contributed by atoms with E-state index in [1.807, 2.05) is 0 Å². The van der Waals surface area contributed by atoms with Gasteiger partial charge in [0.2, 0.25) is 0 Å². The second-order valence-corrected chi connectivity index (χ2v) is 9.23. The quantitative estimate of drug-likeness (QED) is 0.823. The van der Waals surface area contributed by atoms with Gasteiger partial charge in [-0.05, 0) is 18.1 Å². The van der Waals surface area contributed by atoms with Gasteiger partial charge in [-0.15, -0.1) is 0 Å². The number of amides is 1. The van der Waals surface area contributed by atoms with Crippen molar-refractivity contribution in [2.75, 3.05) is 31.1 Å². The van der Waals surface area contributed by atoms with Crippen LogP contribution in [0.15, 0.2) is 24.3 Å². The van der Waals surface area contributed by atoms with Gasteiger partial charge in [-0.25, -0.2) is 12.8 Å². The highest BCUT2D eigenvalue weighted by Crippen LogP contribution is 2.29. The smallest absolute Gasteiger partial charge is 0.257 e. The average Bonchev–Trinajstić information content (AvgIpc) is 2.82. The summed E-state index contributed by atoms with van der Waals surface area (Å²) in [5.41, 5.74) is 0.0119. The van der Waals surface area contributed by atoms with E-state index in [1.165, 1.54) is 18.2 Å². The highest BCUT2D eigenvalue weighted by atomic mass is 32.2. The van der Waals surface area contributed by atoms with Gasteiger partial charge in [0.05, 0.1) is 23.1 Å². The molecule has 2 aliphatic rings. The fourth-order valence-corrected chi connectivity index (χ4v) is 5.77. The van der Waals surface area contributed by atoms with E-state index in [1.54, 1.807) is 11.0 Å². The van der Waals surface area contributed by atoms with Gasteiger partial charge in [-0.2, -0.15) is 0 Å². The van der Waals surface area contributed by atoms with Crippen molar-refractivity contribution in [1.82, 2.24) is 9.80 Å². The van der Waals surface area contributed by atoms with E-state index in [4.69, 9.17) is 0 Å². The predicted molar refractivity (Wildman–Crippen MR) is 90.1 cm³/mol. The fraction of sp³-hybridized carbons (Fsp3) is 0.588. The van der Waals surface area contributed by atoms with E-state index in [2.05, 4.69) is 18.7 Å². The summed E-state index contributed by atoms with van der Waals surface area (Å²) in [6.45, 7) is 6.04. The number of fused-ring (bicyclic) bond motifs is 1. The molecule has 2 fully saturated rings. The number of piperazine rings is 1. The number of hydrogen-bond donors (Lipinski definition) is 0. The minimum Gasteiger partial charge on any atom is -0.332 e. The van der Waals surface area contributed by atoms with Crippen molar-refractivity contribution in [2.45, 2.75) is 25.9 Å². The summed E-state index contributed by atoms with van der Waals surface area (Å²) < 4.78 is 38.3. The van der Waals surface area contributed by atoms with Crippen LogP contribution in [0, 0.1) is 11.7 Å². The van der Waals surface area contributed by atoms with Gasteiger partial charge >= 0.3 is 0 Å². The second-order valence-electron chi connectivity index (χ2n) is 7.08. The van der Waals surface area contributed by atoms with Crippen molar-refractivity contribution in [1.29, 1.82) is 0 Å². The van der Waals surface area contributed by atoms with Gasteiger partial charge in [0.15, 0.2) is 9.84 Å². The Hall–Kier alpha value is -1.47. The minimum atomic E-state index is -3.19. The molecule has 0 N–H and O–H groups in total. The number of halogens is 1. The summed E-state index contributed by atoms with van der Waals surface area (Å²) in [6.07, 6.45) is 0. The van der Waals surface area contributed by atoms with Crippen molar-refractivity contribution < 1.29 is 17.6 Å². The molecule has 2 saturated heterocycles. The summed E-state index contributed by atoms with van der Waals surface area (Å²) in [5.74, 6) is -0.519. The summed E-state index contributed by atoms with van der Waals surface area (Å²) in [5, 5.41) is 0. The third-order valence-corrected chi connectivity index (χ3v) is 6.45. The van der Waals surface area contributed by atoms with Crippen LogP contribution in [0.2, 0.25) is 0 Å². The SMILES string of the molecule is CC(C)CN1CCN(C(=O)c2ccccc2F)[C@@H]2CS(=O)(=O)C[C@@H]21. The molecular weight excluding hydrogens is 331 g/mol. The molecular formula is C17H23FN2O3S. The molecule has 24 heavy (non-hydrogen) atoms. The Morgan fingerprint density at radius 3 is 2.54 bits per heavy atom. The molecule has 0 saturated carbocycles. The number of hydrogen-bond acceptors (Lipinski definition) is 4. The molecule has 132 valence electrons. The van der Waals surface area contributed by atoms with Crippen LogP contribution in [0.1, 0.15) is 24.2 Å². The Bertz CT molecular complexity index is 735. The van der Waals surface area contributed by atoms with E-state index in [9.17, 15) is 17.6 Å². The Labute approximate surface area is 142 Å². The second kappa shape index (κ2) is 6.44. The maximum absolute atomic E-state index is 14.0. The number of sulfone groups is 1.